The highest BCUT2D eigenvalue weighted by atomic mass is 32.2. The highest BCUT2D eigenvalue weighted by Gasteiger charge is 2.38. The summed E-state index contributed by atoms with van der Waals surface area (Å²) in [6.07, 6.45) is 5.79. The van der Waals surface area contributed by atoms with Gasteiger partial charge in [-0.05, 0) is 12.8 Å². The van der Waals surface area contributed by atoms with Crippen molar-refractivity contribution in [3.63, 3.8) is 0 Å². The zero-order valence-electron chi connectivity index (χ0n) is 13.2. The fourth-order valence-electron chi connectivity index (χ4n) is 3.12. The van der Waals surface area contributed by atoms with Crippen molar-refractivity contribution in [1.82, 2.24) is 14.5 Å². The molecule has 7 nitrogen and oxygen atoms in total. The third kappa shape index (κ3) is 4.19. The molecule has 0 aromatic rings. The van der Waals surface area contributed by atoms with Gasteiger partial charge >= 0.3 is 0 Å². The lowest BCUT2D eigenvalue weighted by Gasteiger charge is -2.24. The molecule has 2 rings (SSSR count). The van der Waals surface area contributed by atoms with Crippen LogP contribution in [0.4, 0.5) is 0 Å². The van der Waals surface area contributed by atoms with Crippen molar-refractivity contribution < 1.29 is 18.0 Å². The largest absolute Gasteiger partial charge is 0.354 e. The summed E-state index contributed by atoms with van der Waals surface area (Å²) in [6.45, 7) is 0.991. The van der Waals surface area contributed by atoms with Gasteiger partial charge in [0.15, 0.2) is 0 Å². The van der Waals surface area contributed by atoms with Crippen molar-refractivity contribution >= 4 is 21.8 Å². The summed E-state index contributed by atoms with van der Waals surface area (Å²) in [7, 11) is -1.75. The maximum Gasteiger partial charge on any atom is 0.225 e. The van der Waals surface area contributed by atoms with Crippen LogP contribution < -0.4 is 5.32 Å². The first-order chi connectivity index (χ1) is 10.3. The number of amides is 2. The Kier molecular flexibility index (Phi) is 5.44. The molecule has 0 aromatic carbocycles. The maximum absolute atomic E-state index is 12.1. The number of sulfonamides is 1. The number of nitrogens with zero attached hydrogens (tertiary/aromatic N) is 2. The molecule has 1 saturated heterocycles. The molecule has 2 amide bonds. The van der Waals surface area contributed by atoms with Gasteiger partial charge in [-0.25, -0.2) is 12.7 Å². The smallest absolute Gasteiger partial charge is 0.225 e. The minimum absolute atomic E-state index is 0.0697. The van der Waals surface area contributed by atoms with Gasteiger partial charge in [0.1, 0.15) is 0 Å². The van der Waals surface area contributed by atoms with Crippen LogP contribution in [0.5, 0.6) is 0 Å². The van der Waals surface area contributed by atoms with E-state index in [9.17, 15) is 18.0 Å². The summed E-state index contributed by atoms with van der Waals surface area (Å²) < 4.78 is 23.7. The minimum atomic E-state index is -3.23. The Labute approximate surface area is 132 Å². The van der Waals surface area contributed by atoms with Gasteiger partial charge in [-0.1, -0.05) is 12.8 Å². The molecule has 1 N–H and O–H groups in total. The summed E-state index contributed by atoms with van der Waals surface area (Å²) in [5, 5.41) is 2.74. The van der Waals surface area contributed by atoms with Crippen molar-refractivity contribution in [3.8, 4) is 0 Å². The average molecular weight is 331 g/mol. The predicted octanol–water partition coefficient (Wildman–Crippen LogP) is -0.215. The quantitative estimate of drug-likeness (QED) is 0.729. The summed E-state index contributed by atoms with van der Waals surface area (Å²) >= 11 is 0. The van der Waals surface area contributed by atoms with Crippen LogP contribution in [-0.4, -0.2) is 68.4 Å². The first-order valence-electron chi connectivity index (χ1n) is 7.77. The number of carbonyl (C=O) groups is 2. The molecule has 1 aliphatic heterocycles. The van der Waals surface area contributed by atoms with E-state index in [0.717, 1.165) is 31.9 Å². The van der Waals surface area contributed by atoms with Gasteiger partial charge in [0, 0.05) is 39.1 Å². The zero-order valence-corrected chi connectivity index (χ0v) is 14.1. The number of carbonyl (C=O) groups excluding carboxylic acids is 2. The van der Waals surface area contributed by atoms with Gasteiger partial charge < -0.3 is 10.2 Å². The van der Waals surface area contributed by atoms with Crippen LogP contribution in [-0.2, 0) is 19.6 Å². The Hall–Kier alpha value is -1.15. The standard InChI is InChI=1S/C14H25N3O4S/c1-16(22(2,20)21)8-7-15-14(19)11-9-13(18)17(10-11)12-5-3-4-6-12/h11-12H,3-10H2,1-2H3,(H,15,19). The number of hydrogen-bond acceptors (Lipinski definition) is 4. The van der Waals surface area contributed by atoms with Crippen LogP contribution in [0.15, 0.2) is 0 Å². The van der Waals surface area contributed by atoms with Gasteiger partial charge in [0.25, 0.3) is 0 Å². The van der Waals surface area contributed by atoms with E-state index in [1.54, 1.807) is 0 Å². The normalized spacial score (nSPS) is 23.5. The number of hydrogen-bond donors (Lipinski definition) is 1. The number of likely N-dealkylation sites (N-methyl/N-ethyl adjacent to an activating group) is 1. The second-order valence-corrected chi connectivity index (χ2v) is 8.35. The van der Waals surface area contributed by atoms with Gasteiger partial charge in [0.2, 0.25) is 21.8 Å². The summed E-state index contributed by atoms with van der Waals surface area (Å²) in [5.41, 5.74) is 0. The first kappa shape index (κ1) is 17.2. The molecule has 1 saturated carbocycles. The van der Waals surface area contributed by atoms with E-state index in [2.05, 4.69) is 5.32 Å². The van der Waals surface area contributed by atoms with Crippen LogP contribution in [0.25, 0.3) is 0 Å². The van der Waals surface area contributed by atoms with E-state index in [1.807, 2.05) is 4.90 Å². The van der Waals surface area contributed by atoms with Crippen LogP contribution in [0.2, 0.25) is 0 Å². The van der Waals surface area contributed by atoms with Gasteiger partial charge in [0.05, 0.1) is 12.2 Å². The second-order valence-electron chi connectivity index (χ2n) is 6.26. The molecule has 8 heteroatoms. The predicted molar refractivity (Wildman–Crippen MR) is 82.6 cm³/mol. The van der Waals surface area contributed by atoms with E-state index in [-0.39, 0.29) is 37.2 Å². The number of likely N-dealkylation sites (tertiary alicyclic amines) is 1. The van der Waals surface area contributed by atoms with E-state index in [4.69, 9.17) is 0 Å². The van der Waals surface area contributed by atoms with Crippen molar-refractivity contribution in [3.05, 3.63) is 0 Å². The molecule has 0 bridgehead atoms. The lowest BCUT2D eigenvalue weighted by atomic mass is 10.1. The molecule has 1 atom stereocenters. The maximum atomic E-state index is 12.1. The highest BCUT2D eigenvalue weighted by molar-refractivity contribution is 7.88. The van der Waals surface area contributed by atoms with Crippen molar-refractivity contribution in [2.45, 2.75) is 38.1 Å². The molecule has 1 heterocycles. The Morgan fingerprint density at radius 1 is 1.36 bits per heavy atom. The monoisotopic (exact) mass is 331 g/mol. The second kappa shape index (κ2) is 6.95. The molecule has 0 spiro atoms. The molecule has 22 heavy (non-hydrogen) atoms. The highest BCUT2D eigenvalue weighted by Crippen LogP contribution is 2.29. The molecular weight excluding hydrogens is 306 g/mol. The van der Waals surface area contributed by atoms with E-state index < -0.39 is 10.0 Å². The molecule has 0 aromatic heterocycles. The summed E-state index contributed by atoms with van der Waals surface area (Å²) in [6, 6.07) is 0.307. The van der Waals surface area contributed by atoms with Gasteiger partial charge in [-0.3, -0.25) is 9.59 Å². The van der Waals surface area contributed by atoms with E-state index in [1.165, 1.54) is 11.4 Å². The number of nitrogens with one attached hydrogen (secondary N) is 1. The lowest BCUT2D eigenvalue weighted by molar-refractivity contribution is -0.130. The SMILES string of the molecule is CN(CCNC(=O)C1CC(=O)N(C2CCCC2)C1)S(C)(=O)=O. The molecule has 1 unspecified atom stereocenters. The van der Waals surface area contributed by atoms with Crippen molar-refractivity contribution in [1.29, 1.82) is 0 Å². The first-order valence-corrected chi connectivity index (χ1v) is 9.62. The van der Waals surface area contributed by atoms with E-state index in [0.29, 0.717) is 12.6 Å². The fraction of sp³-hybridized carbons (Fsp3) is 0.857. The van der Waals surface area contributed by atoms with Crippen LogP contribution in [0.3, 0.4) is 0 Å². The van der Waals surface area contributed by atoms with Gasteiger partial charge in [-0.15, -0.1) is 0 Å². The van der Waals surface area contributed by atoms with Crippen molar-refractivity contribution in [2.24, 2.45) is 5.92 Å². The van der Waals surface area contributed by atoms with Crippen molar-refractivity contribution in [2.75, 3.05) is 32.9 Å². The Balaban J connectivity index is 1.78. The van der Waals surface area contributed by atoms with Crippen LogP contribution in [0.1, 0.15) is 32.1 Å². The molecule has 2 fully saturated rings. The molecule has 1 aliphatic carbocycles. The minimum Gasteiger partial charge on any atom is -0.354 e. The number of rotatable bonds is 6. The summed E-state index contributed by atoms with van der Waals surface area (Å²) in [4.78, 5) is 26.0. The fourth-order valence-corrected chi connectivity index (χ4v) is 3.55. The Morgan fingerprint density at radius 3 is 2.59 bits per heavy atom. The van der Waals surface area contributed by atoms with Crippen LogP contribution in [0, 0.1) is 5.92 Å². The topological polar surface area (TPSA) is 86.8 Å². The molecule has 0 radical (unpaired) electrons. The Morgan fingerprint density at radius 2 is 2.00 bits per heavy atom. The third-order valence-corrected chi connectivity index (χ3v) is 5.90. The van der Waals surface area contributed by atoms with E-state index >= 15 is 0 Å². The molecule has 2 aliphatic rings. The Bertz CT molecular complexity index is 528. The molecular formula is C14H25N3O4S. The third-order valence-electron chi connectivity index (χ3n) is 4.59. The summed E-state index contributed by atoms with van der Waals surface area (Å²) in [5.74, 6) is -0.396. The van der Waals surface area contributed by atoms with Gasteiger partial charge in [-0.2, -0.15) is 0 Å². The molecule has 126 valence electrons. The lowest BCUT2D eigenvalue weighted by Crippen LogP contribution is -2.39. The average Bonchev–Trinajstić information content (AvgIpc) is 3.06. The van der Waals surface area contributed by atoms with Crippen LogP contribution >= 0.6 is 0 Å². The zero-order chi connectivity index (χ0) is 16.3.